The molecule has 8 nitrogen and oxygen atoms in total. The molecule has 0 spiro atoms. The van der Waals surface area contributed by atoms with Gasteiger partial charge in [0, 0.05) is 48.0 Å². The van der Waals surface area contributed by atoms with E-state index >= 15 is 0 Å². The molecule has 0 atom stereocenters. The first-order valence-corrected chi connectivity index (χ1v) is 10.4. The molecular weight excluding hydrogens is 485 g/mol. The molecule has 4 N–H and O–H groups in total. The van der Waals surface area contributed by atoms with Gasteiger partial charge in [-0.25, -0.2) is 9.78 Å². The highest BCUT2D eigenvalue weighted by Crippen LogP contribution is 2.36. The van der Waals surface area contributed by atoms with E-state index in [9.17, 15) is 18.0 Å². The number of nitrogens with two attached hydrogens (primary N) is 1. The van der Waals surface area contributed by atoms with Crippen LogP contribution in [0, 0.1) is 0 Å². The maximum absolute atomic E-state index is 13.0. The van der Waals surface area contributed by atoms with Crippen LogP contribution in [0.1, 0.15) is 5.56 Å². The summed E-state index contributed by atoms with van der Waals surface area (Å²) < 4.78 is 46.6. The molecule has 12 heteroatoms. The zero-order valence-corrected chi connectivity index (χ0v) is 18.9. The predicted octanol–water partition coefficient (Wildman–Crippen LogP) is 6.17. The van der Waals surface area contributed by atoms with Gasteiger partial charge in [-0.05, 0) is 36.4 Å². The Labute approximate surface area is 202 Å². The van der Waals surface area contributed by atoms with E-state index < -0.39 is 22.8 Å². The van der Waals surface area contributed by atoms with E-state index in [-0.39, 0.29) is 11.5 Å². The third kappa shape index (κ3) is 5.82. The molecular formula is C23H18ClF3N6O2. The van der Waals surface area contributed by atoms with Crippen LogP contribution in [-0.4, -0.2) is 20.8 Å². The van der Waals surface area contributed by atoms with Crippen LogP contribution >= 0.6 is 11.6 Å². The molecule has 0 fully saturated rings. The molecule has 2 aromatic carbocycles. The summed E-state index contributed by atoms with van der Waals surface area (Å²) in [6.45, 7) is 0. The normalized spacial score (nSPS) is 11.2. The van der Waals surface area contributed by atoms with Gasteiger partial charge in [0.15, 0.2) is 11.6 Å². The Morgan fingerprint density at radius 2 is 1.80 bits per heavy atom. The highest BCUT2D eigenvalue weighted by Gasteiger charge is 2.33. The minimum absolute atomic E-state index is 0.0716. The topological polar surface area (TPSA) is 107 Å². The zero-order valence-electron chi connectivity index (χ0n) is 18.1. The lowest BCUT2D eigenvalue weighted by atomic mass is 10.1. The van der Waals surface area contributed by atoms with E-state index in [1.54, 1.807) is 48.4 Å². The second-order valence-electron chi connectivity index (χ2n) is 7.41. The van der Waals surface area contributed by atoms with Gasteiger partial charge >= 0.3 is 12.2 Å². The smallest absolute Gasteiger partial charge is 0.417 e. The van der Waals surface area contributed by atoms with Crippen molar-refractivity contribution in [1.82, 2.24) is 14.8 Å². The second kappa shape index (κ2) is 9.55. The van der Waals surface area contributed by atoms with Gasteiger partial charge in [0.2, 0.25) is 0 Å². The number of pyridine rings is 1. The number of carbonyl (C=O) groups excluding carboxylic acids is 1. The molecule has 2 heterocycles. The number of hydrogen-bond acceptors (Lipinski definition) is 5. The molecule has 0 aliphatic rings. The Morgan fingerprint density at radius 1 is 1.06 bits per heavy atom. The summed E-state index contributed by atoms with van der Waals surface area (Å²) in [5.74, 6) is 0.816. The number of hydrogen-bond donors (Lipinski definition) is 3. The number of urea groups is 1. The van der Waals surface area contributed by atoms with Gasteiger partial charge in [-0.2, -0.15) is 18.3 Å². The van der Waals surface area contributed by atoms with Crippen LogP contribution in [0.3, 0.4) is 0 Å². The van der Waals surface area contributed by atoms with Gasteiger partial charge < -0.3 is 21.1 Å². The number of rotatable bonds is 5. The maximum Gasteiger partial charge on any atom is 0.417 e. The third-order valence-corrected chi connectivity index (χ3v) is 5.10. The maximum atomic E-state index is 13.0. The average Bonchev–Trinajstić information content (AvgIpc) is 3.22. The Morgan fingerprint density at radius 3 is 2.49 bits per heavy atom. The lowest BCUT2D eigenvalue weighted by molar-refractivity contribution is -0.137. The molecule has 0 unspecified atom stereocenters. The Bertz CT molecular complexity index is 1390. The number of carbonyl (C=O) groups is 1. The van der Waals surface area contributed by atoms with Crippen LogP contribution in [-0.2, 0) is 13.2 Å². The fraction of sp³-hybridized carbons (Fsp3) is 0.0870. The predicted molar refractivity (Wildman–Crippen MR) is 126 cm³/mol. The number of aryl methyl sites for hydroxylation is 1. The molecule has 0 bridgehead atoms. The molecule has 4 aromatic rings. The monoisotopic (exact) mass is 502 g/mol. The third-order valence-electron chi connectivity index (χ3n) is 4.77. The quantitative estimate of drug-likeness (QED) is 0.302. The zero-order chi connectivity index (χ0) is 25.2. The first-order chi connectivity index (χ1) is 16.6. The van der Waals surface area contributed by atoms with Crippen molar-refractivity contribution < 1.29 is 22.7 Å². The molecule has 2 amide bonds. The van der Waals surface area contributed by atoms with Crippen LogP contribution in [0.5, 0.6) is 11.5 Å². The summed E-state index contributed by atoms with van der Waals surface area (Å²) in [4.78, 5) is 16.5. The van der Waals surface area contributed by atoms with Crippen LogP contribution in [0.2, 0.25) is 5.02 Å². The molecule has 35 heavy (non-hydrogen) atoms. The van der Waals surface area contributed by atoms with Crippen molar-refractivity contribution in [2.45, 2.75) is 6.18 Å². The number of nitrogen functional groups attached to an aromatic ring is 1. The summed E-state index contributed by atoms with van der Waals surface area (Å²) in [5.41, 5.74) is 6.74. The van der Waals surface area contributed by atoms with Crippen molar-refractivity contribution in [2.24, 2.45) is 7.05 Å². The number of aromatic nitrogens is 3. The molecule has 0 radical (unpaired) electrons. The molecule has 180 valence electrons. The minimum Gasteiger partial charge on any atom is -0.453 e. The SMILES string of the molecule is Cn1cc(-c2cnc(N)c(Oc3cccc(NC(=O)Nc4ccc(Cl)c(C(F)(F)F)c4)c3)c2)cn1. The lowest BCUT2D eigenvalue weighted by Crippen LogP contribution is -2.20. The fourth-order valence-corrected chi connectivity index (χ4v) is 3.37. The van der Waals surface area contributed by atoms with E-state index in [0.29, 0.717) is 17.2 Å². The van der Waals surface area contributed by atoms with Gasteiger partial charge in [0.25, 0.3) is 0 Å². The molecule has 2 aromatic heterocycles. The van der Waals surface area contributed by atoms with Gasteiger partial charge in [-0.15, -0.1) is 0 Å². The van der Waals surface area contributed by atoms with E-state index in [4.69, 9.17) is 22.1 Å². The van der Waals surface area contributed by atoms with Crippen LogP contribution < -0.4 is 21.1 Å². The standard InChI is InChI=1S/C23H18ClF3N6O2/c1-33-12-14(11-30-33)13-7-20(21(28)29-10-13)35-17-4-2-3-15(8-17)31-22(34)32-16-5-6-19(24)18(9-16)23(25,26)27/h2-12H,1H3,(H2,28,29)(H2,31,32,34). The Hall–Kier alpha value is -4.25. The fourth-order valence-electron chi connectivity index (χ4n) is 3.14. The average molecular weight is 503 g/mol. The van der Waals surface area contributed by atoms with Crippen molar-refractivity contribution in [3.63, 3.8) is 0 Å². The highest BCUT2D eigenvalue weighted by atomic mass is 35.5. The van der Waals surface area contributed by atoms with Gasteiger partial charge in [-0.1, -0.05) is 17.7 Å². The number of anilines is 3. The number of alkyl halides is 3. The number of amides is 2. The molecule has 0 aliphatic carbocycles. The van der Waals surface area contributed by atoms with Crippen LogP contribution in [0.4, 0.5) is 35.2 Å². The Balaban J connectivity index is 1.47. The minimum atomic E-state index is -4.65. The molecule has 4 rings (SSSR count). The van der Waals surface area contributed by atoms with E-state index in [1.165, 1.54) is 12.1 Å². The Kier molecular flexibility index (Phi) is 6.52. The number of halogens is 4. The summed E-state index contributed by atoms with van der Waals surface area (Å²) in [7, 11) is 1.79. The lowest BCUT2D eigenvalue weighted by Gasteiger charge is -2.13. The highest BCUT2D eigenvalue weighted by molar-refractivity contribution is 6.31. The van der Waals surface area contributed by atoms with Crippen molar-refractivity contribution in [2.75, 3.05) is 16.4 Å². The summed E-state index contributed by atoms with van der Waals surface area (Å²) >= 11 is 5.61. The first-order valence-electron chi connectivity index (χ1n) is 10.1. The first kappa shape index (κ1) is 23.9. The van der Waals surface area contributed by atoms with Crippen LogP contribution in [0.15, 0.2) is 67.1 Å². The van der Waals surface area contributed by atoms with Gasteiger partial charge in [-0.3, -0.25) is 4.68 Å². The summed E-state index contributed by atoms with van der Waals surface area (Å²) in [6.07, 6.45) is 0.446. The van der Waals surface area contributed by atoms with Gasteiger partial charge in [0.05, 0.1) is 16.8 Å². The van der Waals surface area contributed by atoms with Crippen molar-refractivity contribution in [3.05, 3.63) is 77.7 Å². The van der Waals surface area contributed by atoms with E-state index in [0.717, 1.165) is 23.3 Å². The number of nitrogens with one attached hydrogen (secondary N) is 2. The van der Waals surface area contributed by atoms with Crippen molar-refractivity contribution in [1.29, 1.82) is 0 Å². The molecule has 0 saturated carbocycles. The number of benzene rings is 2. The summed E-state index contributed by atoms with van der Waals surface area (Å²) in [5, 5.41) is 8.55. The van der Waals surface area contributed by atoms with Crippen molar-refractivity contribution in [3.8, 4) is 22.6 Å². The largest absolute Gasteiger partial charge is 0.453 e. The second-order valence-corrected chi connectivity index (χ2v) is 7.82. The van der Waals surface area contributed by atoms with Crippen LogP contribution in [0.25, 0.3) is 11.1 Å². The van der Waals surface area contributed by atoms with E-state index in [1.807, 2.05) is 6.20 Å². The molecule has 0 aliphatic heterocycles. The number of nitrogens with zero attached hydrogens (tertiary/aromatic N) is 3. The molecule has 0 saturated heterocycles. The summed E-state index contributed by atoms with van der Waals surface area (Å²) in [6, 6.07) is 10.4. The van der Waals surface area contributed by atoms with Crippen molar-refractivity contribution >= 4 is 34.8 Å². The van der Waals surface area contributed by atoms with Gasteiger partial charge in [0.1, 0.15) is 5.75 Å². The van der Waals surface area contributed by atoms with E-state index in [2.05, 4.69) is 20.7 Å². The number of ether oxygens (including phenoxy) is 1.